The molecule has 47 heavy (non-hydrogen) atoms. The number of nitrogens with one attached hydrogen (secondary N) is 1. The van der Waals surface area contributed by atoms with Crippen molar-refractivity contribution < 1.29 is 23.9 Å². The number of hydrogen-bond acceptors (Lipinski definition) is 8. The van der Waals surface area contributed by atoms with Crippen molar-refractivity contribution in [3.63, 3.8) is 0 Å². The van der Waals surface area contributed by atoms with Crippen LogP contribution in [0.15, 0.2) is 36.5 Å². The van der Waals surface area contributed by atoms with Crippen LogP contribution >= 0.6 is 23.2 Å². The minimum Gasteiger partial charge on any atom is -0.495 e. The zero-order chi connectivity index (χ0) is 33.7. The molecule has 1 aliphatic heterocycles. The first-order valence-corrected chi connectivity index (χ1v) is 16.9. The van der Waals surface area contributed by atoms with Crippen molar-refractivity contribution >= 4 is 58.3 Å². The Labute approximate surface area is 285 Å². The predicted molar refractivity (Wildman–Crippen MR) is 184 cm³/mol. The molecule has 12 heteroatoms. The third-order valence-corrected chi connectivity index (χ3v) is 9.67. The van der Waals surface area contributed by atoms with Crippen LogP contribution in [0.5, 0.6) is 11.5 Å². The van der Waals surface area contributed by atoms with Gasteiger partial charge in [0.1, 0.15) is 38.9 Å². The van der Waals surface area contributed by atoms with E-state index in [1.807, 2.05) is 38.1 Å². The van der Waals surface area contributed by atoms with Gasteiger partial charge in [-0.3, -0.25) is 19.4 Å². The van der Waals surface area contributed by atoms with E-state index in [2.05, 4.69) is 10.3 Å². The highest BCUT2D eigenvalue weighted by atomic mass is 35.5. The minimum absolute atomic E-state index is 0.0520. The summed E-state index contributed by atoms with van der Waals surface area (Å²) in [4.78, 5) is 51.6. The first kappa shape index (κ1) is 34.4. The van der Waals surface area contributed by atoms with E-state index in [1.165, 1.54) is 19.1 Å². The van der Waals surface area contributed by atoms with Gasteiger partial charge in [0.2, 0.25) is 5.95 Å². The molecule has 5 rings (SSSR count). The van der Waals surface area contributed by atoms with Crippen molar-refractivity contribution in [3.8, 4) is 11.5 Å². The summed E-state index contributed by atoms with van der Waals surface area (Å²) in [5.74, 6) is 2.05. The zero-order valence-electron chi connectivity index (χ0n) is 27.3. The summed E-state index contributed by atoms with van der Waals surface area (Å²) in [5.41, 5.74) is 2.63. The Bertz CT molecular complexity index is 1620. The van der Waals surface area contributed by atoms with Crippen LogP contribution in [-0.4, -0.2) is 47.8 Å². The molecule has 2 amide bonds. The molecule has 1 aromatic heterocycles. The Kier molecular flexibility index (Phi) is 11.2. The van der Waals surface area contributed by atoms with Crippen molar-refractivity contribution in [2.75, 3.05) is 29.3 Å². The zero-order valence-corrected chi connectivity index (χ0v) is 28.8. The molecule has 0 bridgehead atoms. The van der Waals surface area contributed by atoms with Gasteiger partial charge in [-0.05, 0) is 29.9 Å². The lowest BCUT2D eigenvalue weighted by Gasteiger charge is -2.37. The number of anilines is 3. The molecule has 1 aliphatic carbocycles. The van der Waals surface area contributed by atoms with Crippen molar-refractivity contribution in [1.29, 1.82) is 0 Å². The van der Waals surface area contributed by atoms with Gasteiger partial charge in [0.05, 0.1) is 33.0 Å². The number of halogens is 2. The Balaban J connectivity index is 1.55. The van der Waals surface area contributed by atoms with Gasteiger partial charge in [-0.1, -0.05) is 74.2 Å². The van der Waals surface area contributed by atoms with E-state index in [1.54, 1.807) is 17.2 Å². The highest BCUT2D eigenvalue weighted by molar-refractivity contribution is 6.42. The number of urea groups is 1. The molecule has 2 heterocycles. The maximum atomic E-state index is 14.5. The Morgan fingerprint density at radius 1 is 0.979 bits per heavy atom. The average Bonchev–Trinajstić information content (AvgIpc) is 3.07. The second-order valence-corrected chi connectivity index (χ2v) is 12.8. The lowest BCUT2D eigenvalue weighted by molar-refractivity contribution is -0.120. The fraction of sp³-hybridized carbons (Fsp3) is 0.457. The van der Waals surface area contributed by atoms with Gasteiger partial charge in [-0.25, -0.2) is 9.78 Å². The monoisotopic (exact) mass is 681 g/mol. The highest BCUT2D eigenvalue weighted by Crippen LogP contribution is 2.48. The lowest BCUT2D eigenvalue weighted by atomic mass is 9.81. The Morgan fingerprint density at radius 3 is 2.34 bits per heavy atom. The maximum Gasteiger partial charge on any atom is 0.330 e. The largest absolute Gasteiger partial charge is 0.495 e. The molecule has 1 saturated carbocycles. The second-order valence-electron chi connectivity index (χ2n) is 12.0. The SMILES string of the molecule is CCC(=O)Cc1cccc(CN2C(=O)N(c3c(Cl)c(OC)cc(OC)c3Cl)Cc3cnc(NC4CCCCC4CC(=O)CC)nc32)c1. The number of nitrogens with zero attached hydrogens (tertiary/aromatic N) is 4. The normalized spacial score (nSPS) is 17.7. The number of carbonyl (C=O) groups is 3. The molecule has 0 radical (unpaired) electrons. The van der Waals surface area contributed by atoms with E-state index in [-0.39, 0.29) is 52.3 Å². The Morgan fingerprint density at radius 2 is 1.66 bits per heavy atom. The van der Waals surface area contributed by atoms with E-state index < -0.39 is 6.03 Å². The molecule has 250 valence electrons. The fourth-order valence-electron chi connectivity index (χ4n) is 6.33. The number of rotatable bonds is 13. The van der Waals surface area contributed by atoms with Crippen LogP contribution < -0.4 is 24.6 Å². The molecule has 2 aromatic carbocycles. The fourth-order valence-corrected chi connectivity index (χ4v) is 7.04. The van der Waals surface area contributed by atoms with Gasteiger partial charge >= 0.3 is 6.03 Å². The van der Waals surface area contributed by atoms with Crippen LogP contribution in [0.4, 0.5) is 22.2 Å². The third-order valence-electron chi connectivity index (χ3n) is 8.94. The number of ether oxygens (including phenoxy) is 2. The number of aromatic nitrogens is 2. The molecule has 2 aliphatic rings. The van der Waals surface area contributed by atoms with Crippen molar-refractivity contribution in [2.24, 2.45) is 5.92 Å². The van der Waals surface area contributed by atoms with Crippen LogP contribution in [0, 0.1) is 5.92 Å². The van der Waals surface area contributed by atoms with E-state index in [9.17, 15) is 14.4 Å². The predicted octanol–water partition coefficient (Wildman–Crippen LogP) is 7.81. The number of methoxy groups -OCH3 is 2. The summed E-state index contributed by atoms with van der Waals surface area (Å²) in [6.07, 6.45) is 7.55. The number of amides is 2. The summed E-state index contributed by atoms with van der Waals surface area (Å²) in [6, 6.07) is 8.87. The van der Waals surface area contributed by atoms with Crippen molar-refractivity contribution in [2.45, 2.75) is 84.3 Å². The topological polar surface area (TPSA) is 114 Å². The van der Waals surface area contributed by atoms with Crippen LogP contribution in [0.1, 0.15) is 75.5 Å². The van der Waals surface area contributed by atoms with Crippen LogP contribution in [0.2, 0.25) is 10.0 Å². The number of fused-ring (bicyclic) bond motifs is 1. The molecule has 0 saturated heterocycles. The standard InChI is InChI=1S/C35H41Cl2N5O5/c1-5-25(43)15-21-10-9-11-22(14-21)19-42-33-24(18-38-34(40-33)39-27-13-8-7-12-23(27)16-26(44)6-2)20-41(35(42)45)32-30(36)28(46-3)17-29(47-4)31(32)37/h9-11,14,17-18,23,27H,5-8,12-13,15-16,19-20H2,1-4H3,(H,38,39,40). The molecule has 3 aromatic rings. The number of Topliss-reactive ketones (excluding diaryl/α,β-unsaturated/α-hetero) is 2. The van der Waals surface area contributed by atoms with Crippen LogP contribution in [-0.2, 0) is 29.1 Å². The molecule has 2 unspecified atom stereocenters. The number of carbonyl (C=O) groups excluding carboxylic acids is 3. The van der Waals surface area contributed by atoms with Gasteiger partial charge in [-0.2, -0.15) is 4.98 Å². The molecule has 10 nitrogen and oxygen atoms in total. The van der Waals surface area contributed by atoms with Crippen LogP contribution in [0.25, 0.3) is 0 Å². The van der Waals surface area contributed by atoms with Gasteiger partial charge in [0.25, 0.3) is 0 Å². The van der Waals surface area contributed by atoms with Crippen molar-refractivity contribution in [1.82, 2.24) is 9.97 Å². The second kappa shape index (κ2) is 15.3. The van der Waals surface area contributed by atoms with E-state index in [0.29, 0.717) is 54.5 Å². The summed E-state index contributed by atoms with van der Waals surface area (Å²) in [7, 11) is 2.96. The quantitative estimate of drug-likeness (QED) is 0.194. The van der Waals surface area contributed by atoms with E-state index >= 15 is 0 Å². The van der Waals surface area contributed by atoms with E-state index in [4.69, 9.17) is 37.7 Å². The molecular formula is C35H41Cl2N5O5. The molecule has 0 spiro atoms. The highest BCUT2D eigenvalue weighted by Gasteiger charge is 2.37. The smallest absolute Gasteiger partial charge is 0.330 e. The van der Waals surface area contributed by atoms with Gasteiger partial charge in [0, 0.05) is 49.6 Å². The summed E-state index contributed by atoms with van der Waals surface area (Å²) < 4.78 is 11.0. The summed E-state index contributed by atoms with van der Waals surface area (Å²) >= 11 is 13.6. The Hall–Kier alpha value is -3.89. The lowest BCUT2D eigenvalue weighted by Crippen LogP contribution is -2.48. The summed E-state index contributed by atoms with van der Waals surface area (Å²) in [5, 5.41) is 3.83. The molecular weight excluding hydrogens is 641 g/mol. The van der Waals surface area contributed by atoms with E-state index in [0.717, 1.165) is 36.8 Å². The molecule has 1 N–H and O–H groups in total. The number of benzene rings is 2. The first-order valence-electron chi connectivity index (χ1n) is 16.1. The minimum atomic E-state index is -0.402. The first-order chi connectivity index (χ1) is 22.7. The van der Waals surface area contributed by atoms with Gasteiger partial charge in [-0.15, -0.1) is 0 Å². The number of hydrogen-bond donors (Lipinski definition) is 1. The van der Waals surface area contributed by atoms with Crippen LogP contribution in [0.3, 0.4) is 0 Å². The van der Waals surface area contributed by atoms with Gasteiger partial charge < -0.3 is 14.8 Å². The summed E-state index contributed by atoms with van der Waals surface area (Å²) in [6.45, 7) is 4.01. The third kappa shape index (κ3) is 7.65. The maximum absolute atomic E-state index is 14.5. The molecule has 2 atom stereocenters. The number of ketones is 2. The van der Waals surface area contributed by atoms with Crippen molar-refractivity contribution in [3.05, 3.63) is 63.3 Å². The molecule has 1 fully saturated rings. The van der Waals surface area contributed by atoms with Gasteiger partial charge in [0.15, 0.2) is 0 Å². The average molecular weight is 683 g/mol.